The lowest BCUT2D eigenvalue weighted by molar-refractivity contribution is 0.0313. The van der Waals surface area contributed by atoms with Crippen LogP contribution in [0.1, 0.15) is 41.6 Å². The van der Waals surface area contributed by atoms with Crippen LogP contribution in [0.3, 0.4) is 0 Å². The Morgan fingerprint density at radius 3 is 2.71 bits per heavy atom. The molecule has 5 N–H and O–H groups in total. The van der Waals surface area contributed by atoms with Gasteiger partial charge in [-0.1, -0.05) is 6.07 Å². The van der Waals surface area contributed by atoms with Crippen molar-refractivity contribution < 1.29 is 9.53 Å². The molecule has 0 aromatic heterocycles. The fraction of sp³-hybridized carbons (Fsp3) is 0.562. The van der Waals surface area contributed by atoms with Crippen LogP contribution in [-0.2, 0) is 4.74 Å². The van der Waals surface area contributed by atoms with Crippen molar-refractivity contribution in [2.24, 2.45) is 11.5 Å². The van der Waals surface area contributed by atoms with E-state index in [-0.39, 0.29) is 0 Å². The highest BCUT2D eigenvalue weighted by atomic mass is 16.5. The average Bonchev–Trinajstić information content (AvgIpc) is 2.45. The maximum absolute atomic E-state index is 11.4. The van der Waals surface area contributed by atoms with Gasteiger partial charge < -0.3 is 21.5 Å². The molecular weight excluding hydrogens is 266 g/mol. The van der Waals surface area contributed by atoms with Gasteiger partial charge in [0, 0.05) is 18.3 Å². The van der Waals surface area contributed by atoms with Gasteiger partial charge in [0.15, 0.2) is 0 Å². The fourth-order valence-corrected chi connectivity index (χ4v) is 2.69. The predicted octanol–water partition coefficient (Wildman–Crippen LogP) is 1.79. The molecule has 1 amide bonds. The molecule has 0 unspecified atom stereocenters. The second-order valence-corrected chi connectivity index (χ2v) is 5.75. The molecule has 2 rings (SSSR count). The minimum Gasteiger partial charge on any atom is -0.382 e. The topological polar surface area (TPSA) is 90.4 Å². The molecule has 5 nitrogen and oxygen atoms in total. The minimum atomic E-state index is -0.417. The average molecular weight is 291 g/mol. The first-order valence-corrected chi connectivity index (χ1v) is 7.58. The maximum Gasteiger partial charge on any atom is 0.250 e. The van der Waals surface area contributed by atoms with Crippen molar-refractivity contribution in [1.29, 1.82) is 0 Å². The SMILES string of the molecule is Cc1ccc(C(N)=O)c(NCCOC2CCC(N)CC2)c1. The summed E-state index contributed by atoms with van der Waals surface area (Å²) in [5.74, 6) is -0.417. The summed E-state index contributed by atoms with van der Waals surface area (Å²) >= 11 is 0. The van der Waals surface area contributed by atoms with Gasteiger partial charge in [0.25, 0.3) is 5.91 Å². The van der Waals surface area contributed by atoms with Crippen molar-refractivity contribution in [3.8, 4) is 0 Å². The Balaban J connectivity index is 1.78. The molecule has 0 aliphatic heterocycles. The molecule has 21 heavy (non-hydrogen) atoms. The third-order valence-corrected chi connectivity index (χ3v) is 3.93. The van der Waals surface area contributed by atoms with Crippen molar-refractivity contribution in [2.45, 2.75) is 44.8 Å². The number of ether oxygens (including phenoxy) is 1. The molecule has 0 saturated heterocycles. The Labute approximate surface area is 126 Å². The van der Waals surface area contributed by atoms with E-state index in [1.54, 1.807) is 6.07 Å². The molecule has 1 aliphatic rings. The summed E-state index contributed by atoms with van der Waals surface area (Å²) < 4.78 is 5.85. The van der Waals surface area contributed by atoms with Crippen molar-refractivity contribution in [3.05, 3.63) is 29.3 Å². The number of hydrogen-bond donors (Lipinski definition) is 3. The number of benzene rings is 1. The van der Waals surface area contributed by atoms with Gasteiger partial charge in [0.05, 0.1) is 18.3 Å². The van der Waals surface area contributed by atoms with Crippen LogP contribution in [-0.4, -0.2) is 31.2 Å². The number of nitrogens with two attached hydrogens (primary N) is 2. The molecule has 0 spiro atoms. The second-order valence-electron chi connectivity index (χ2n) is 5.75. The molecule has 0 radical (unpaired) electrons. The Morgan fingerprint density at radius 2 is 2.05 bits per heavy atom. The molecule has 0 atom stereocenters. The fourth-order valence-electron chi connectivity index (χ4n) is 2.69. The summed E-state index contributed by atoms with van der Waals surface area (Å²) in [5, 5.41) is 3.23. The number of hydrogen-bond acceptors (Lipinski definition) is 4. The Hall–Kier alpha value is -1.59. The van der Waals surface area contributed by atoms with Gasteiger partial charge in [-0.15, -0.1) is 0 Å². The first-order chi connectivity index (χ1) is 10.1. The molecule has 5 heteroatoms. The number of carbonyl (C=O) groups excluding carboxylic acids is 1. The number of aryl methyl sites for hydroxylation is 1. The molecule has 0 heterocycles. The van der Waals surface area contributed by atoms with E-state index >= 15 is 0 Å². The third-order valence-electron chi connectivity index (χ3n) is 3.93. The monoisotopic (exact) mass is 291 g/mol. The van der Waals surface area contributed by atoms with E-state index in [1.807, 2.05) is 19.1 Å². The van der Waals surface area contributed by atoms with E-state index < -0.39 is 5.91 Å². The summed E-state index contributed by atoms with van der Waals surface area (Å²) in [5.41, 5.74) is 13.6. The van der Waals surface area contributed by atoms with Crippen LogP contribution in [0.5, 0.6) is 0 Å². The molecule has 1 aromatic rings. The van der Waals surface area contributed by atoms with Crippen LogP contribution < -0.4 is 16.8 Å². The second kappa shape index (κ2) is 7.43. The zero-order valence-electron chi connectivity index (χ0n) is 12.6. The summed E-state index contributed by atoms with van der Waals surface area (Å²) in [6.45, 7) is 3.26. The van der Waals surface area contributed by atoms with E-state index in [4.69, 9.17) is 16.2 Å². The van der Waals surface area contributed by atoms with Crippen LogP contribution in [0.15, 0.2) is 18.2 Å². The van der Waals surface area contributed by atoms with E-state index in [9.17, 15) is 4.79 Å². The lowest BCUT2D eigenvalue weighted by Crippen LogP contribution is -2.31. The van der Waals surface area contributed by atoms with Crippen molar-refractivity contribution in [2.75, 3.05) is 18.5 Å². The van der Waals surface area contributed by atoms with E-state index in [0.29, 0.717) is 30.9 Å². The van der Waals surface area contributed by atoms with Gasteiger partial charge in [-0.25, -0.2) is 0 Å². The number of nitrogens with one attached hydrogen (secondary N) is 1. The summed E-state index contributed by atoms with van der Waals surface area (Å²) in [6.07, 6.45) is 4.49. The number of anilines is 1. The van der Waals surface area contributed by atoms with Crippen LogP contribution in [0.25, 0.3) is 0 Å². The highest BCUT2D eigenvalue weighted by Crippen LogP contribution is 2.20. The van der Waals surface area contributed by atoms with E-state index in [0.717, 1.165) is 36.9 Å². The number of carbonyl (C=O) groups is 1. The van der Waals surface area contributed by atoms with Gasteiger partial charge in [-0.3, -0.25) is 4.79 Å². The molecule has 1 aromatic carbocycles. The predicted molar refractivity (Wildman–Crippen MR) is 84.4 cm³/mol. The first kappa shape index (κ1) is 15.8. The lowest BCUT2D eigenvalue weighted by atomic mass is 9.94. The summed E-state index contributed by atoms with van der Waals surface area (Å²) in [6, 6.07) is 5.91. The maximum atomic E-state index is 11.4. The number of amides is 1. The number of rotatable bonds is 6. The smallest absolute Gasteiger partial charge is 0.250 e. The summed E-state index contributed by atoms with van der Waals surface area (Å²) in [4.78, 5) is 11.4. The summed E-state index contributed by atoms with van der Waals surface area (Å²) in [7, 11) is 0. The third kappa shape index (κ3) is 4.72. The zero-order chi connectivity index (χ0) is 15.2. The molecule has 1 fully saturated rings. The molecule has 1 aliphatic carbocycles. The first-order valence-electron chi connectivity index (χ1n) is 7.58. The van der Waals surface area contributed by atoms with Gasteiger partial charge in [0.2, 0.25) is 0 Å². The highest BCUT2D eigenvalue weighted by Gasteiger charge is 2.18. The molecule has 1 saturated carbocycles. The van der Waals surface area contributed by atoms with Crippen LogP contribution in [0, 0.1) is 6.92 Å². The molecular formula is C16H25N3O2. The van der Waals surface area contributed by atoms with Gasteiger partial charge in [-0.05, 0) is 50.3 Å². The Morgan fingerprint density at radius 1 is 1.33 bits per heavy atom. The minimum absolute atomic E-state index is 0.319. The van der Waals surface area contributed by atoms with E-state index in [2.05, 4.69) is 5.32 Å². The van der Waals surface area contributed by atoms with E-state index in [1.165, 1.54) is 0 Å². The van der Waals surface area contributed by atoms with Crippen LogP contribution in [0.2, 0.25) is 0 Å². The van der Waals surface area contributed by atoms with Gasteiger partial charge >= 0.3 is 0 Å². The highest BCUT2D eigenvalue weighted by molar-refractivity contribution is 5.98. The molecule has 0 bridgehead atoms. The zero-order valence-corrected chi connectivity index (χ0v) is 12.6. The Kier molecular flexibility index (Phi) is 5.59. The normalized spacial score (nSPS) is 22.0. The van der Waals surface area contributed by atoms with Gasteiger partial charge in [-0.2, -0.15) is 0 Å². The van der Waals surface area contributed by atoms with Crippen LogP contribution in [0.4, 0.5) is 5.69 Å². The van der Waals surface area contributed by atoms with Crippen molar-refractivity contribution in [3.63, 3.8) is 0 Å². The molecule has 116 valence electrons. The van der Waals surface area contributed by atoms with Crippen molar-refractivity contribution in [1.82, 2.24) is 0 Å². The lowest BCUT2D eigenvalue weighted by Gasteiger charge is -2.26. The Bertz CT molecular complexity index is 482. The quantitative estimate of drug-likeness (QED) is 0.697. The largest absolute Gasteiger partial charge is 0.382 e. The van der Waals surface area contributed by atoms with Crippen molar-refractivity contribution >= 4 is 11.6 Å². The standard InChI is InChI=1S/C16H25N3O2/c1-11-2-7-14(16(18)20)15(10-11)19-8-9-21-13-5-3-12(17)4-6-13/h2,7,10,12-13,19H,3-6,8-9,17H2,1H3,(H2,18,20). The number of primary amides is 1. The van der Waals surface area contributed by atoms with Gasteiger partial charge in [0.1, 0.15) is 0 Å². The van der Waals surface area contributed by atoms with Crippen LogP contribution >= 0.6 is 0 Å².